The van der Waals surface area contributed by atoms with Gasteiger partial charge in [0.25, 0.3) is 0 Å². The number of hydrogen-bond acceptors (Lipinski definition) is 5. The van der Waals surface area contributed by atoms with E-state index in [0.717, 1.165) is 27.6 Å². The summed E-state index contributed by atoms with van der Waals surface area (Å²) < 4.78 is 30.3. The smallest absolute Gasteiger partial charge is 0.232 e. The Hall–Kier alpha value is -2.38. The van der Waals surface area contributed by atoms with Crippen molar-refractivity contribution in [2.75, 3.05) is 24.2 Å². The van der Waals surface area contributed by atoms with E-state index in [4.69, 9.17) is 9.72 Å². The number of thiazole rings is 1. The summed E-state index contributed by atoms with van der Waals surface area (Å²) in [5, 5.41) is 2.91. The number of anilines is 1. The van der Waals surface area contributed by atoms with Gasteiger partial charge in [0.15, 0.2) is 0 Å². The molecule has 0 fully saturated rings. The zero-order valence-electron chi connectivity index (χ0n) is 14.8. The van der Waals surface area contributed by atoms with Gasteiger partial charge in [-0.05, 0) is 31.2 Å². The lowest BCUT2D eigenvalue weighted by molar-refractivity contribution is 0.415. The Kier molecular flexibility index (Phi) is 5.29. The van der Waals surface area contributed by atoms with Crippen molar-refractivity contribution in [2.24, 2.45) is 0 Å². The van der Waals surface area contributed by atoms with Crippen LogP contribution in [0.25, 0.3) is 21.8 Å². The number of methoxy groups -OCH3 is 1. The molecule has 0 radical (unpaired) electrons. The summed E-state index contributed by atoms with van der Waals surface area (Å²) >= 11 is 1.56. The summed E-state index contributed by atoms with van der Waals surface area (Å²) in [6, 6.07) is 15.2. The summed E-state index contributed by atoms with van der Waals surface area (Å²) in [4.78, 5) is 4.70. The topological polar surface area (TPSA) is 59.5 Å². The van der Waals surface area contributed by atoms with Gasteiger partial charge in [0.2, 0.25) is 10.0 Å². The molecule has 0 aliphatic heterocycles. The average Bonchev–Trinajstić information content (AvgIpc) is 3.12. The average molecular weight is 389 g/mol. The van der Waals surface area contributed by atoms with E-state index in [1.165, 1.54) is 10.6 Å². The van der Waals surface area contributed by atoms with Gasteiger partial charge in [-0.3, -0.25) is 4.31 Å². The molecule has 1 aromatic heterocycles. The third-order valence-electron chi connectivity index (χ3n) is 3.96. The molecule has 0 aliphatic rings. The predicted molar refractivity (Wildman–Crippen MR) is 107 cm³/mol. The molecule has 0 unspecified atom stereocenters. The third kappa shape index (κ3) is 3.89. The molecule has 7 heteroatoms. The van der Waals surface area contributed by atoms with Gasteiger partial charge in [0.1, 0.15) is 10.8 Å². The second-order valence-electron chi connectivity index (χ2n) is 5.74. The summed E-state index contributed by atoms with van der Waals surface area (Å²) in [6.07, 6.45) is 1.21. The van der Waals surface area contributed by atoms with Crippen molar-refractivity contribution in [3.8, 4) is 27.6 Å². The van der Waals surface area contributed by atoms with Crippen LogP contribution in [0.4, 0.5) is 5.69 Å². The Balaban J connectivity index is 1.88. The van der Waals surface area contributed by atoms with E-state index in [0.29, 0.717) is 12.2 Å². The summed E-state index contributed by atoms with van der Waals surface area (Å²) in [5.41, 5.74) is 3.47. The van der Waals surface area contributed by atoms with Crippen LogP contribution in [0, 0.1) is 0 Å². The Labute approximate surface area is 157 Å². The maximum atomic E-state index is 11.8. The van der Waals surface area contributed by atoms with Crippen LogP contribution in [0.1, 0.15) is 6.92 Å². The monoisotopic (exact) mass is 388 g/mol. The quantitative estimate of drug-likeness (QED) is 0.633. The normalized spacial score (nSPS) is 11.3. The first-order chi connectivity index (χ1) is 12.4. The number of sulfonamides is 1. The van der Waals surface area contributed by atoms with E-state index < -0.39 is 10.0 Å². The molecule has 5 nitrogen and oxygen atoms in total. The van der Waals surface area contributed by atoms with Crippen molar-refractivity contribution >= 4 is 27.0 Å². The largest absolute Gasteiger partial charge is 0.497 e. The van der Waals surface area contributed by atoms with E-state index in [1.54, 1.807) is 18.4 Å². The SMILES string of the molecule is CCN(c1ccc(-c2csc(-c3cccc(OC)c3)n2)cc1)S(C)(=O)=O. The van der Waals surface area contributed by atoms with Gasteiger partial charge < -0.3 is 4.74 Å². The molecular weight excluding hydrogens is 368 g/mol. The van der Waals surface area contributed by atoms with E-state index in [2.05, 4.69) is 0 Å². The molecule has 0 bridgehead atoms. The van der Waals surface area contributed by atoms with E-state index >= 15 is 0 Å². The molecule has 0 amide bonds. The van der Waals surface area contributed by atoms with Gasteiger partial charge in [-0.1, -0.05) is 24.3 Å². The lowest BCUT2D eigenvalue weighted by Gasteiger charge is -2.20. The molecule has 0 saturated heterocycles. The number of ether oxygens (including phenoxy) is 1. The summed E-state index contributed by atoms with van der Waals surface area (Å²) in [5.74, 6) is 0.795. The van der Waals surface area contributed by atoms with Crippen LogP contribution in [-0.2, 0) is 10.0 Å². The predicted octanol–water partition coefficient (Wildman–Crippen LogP) is 4.27. The maximum Gasteiger partial charge on any atom is 0.232 e. The van der Waals surface area contributed by atoms with Crippen molar-refractivity contribution in [3.63, 3.8) is 0 Å². The number of nitrogens with zero attached hydrogens (tertiary/aromatic N) is 2. The molecule has 1 heterocycles. The van der Waals surface area contributed by atoms with Crippen molar-refractivity contribution in [1.82, 2.24) is 4.98 Å². The maximum absolute atomic E-state index is 11.8. The van der Waals surface area contributed by atoms with E-state index in [9.17, 15) is 8.42 Å². The number of aromatic nitrogens is 1. The summed E-state index contributed by atoms with van der Waals surface area (Å²) in [6.45, 7) is 2.21. The Morgan fingerprint density at radius 2 is 1.85 bits per heavy atom. The van der Waals surface area contributed by atoms with Gasteiger partial charge in [0.05, 0.1) is 24.7 Å². The highest BCUT2D eigenvalue weighted by Gasteiger charge is 2.15. The zero-order chi connectivity index (χ0) is 18.7. The highest BCUT2D eigenvalue weighted by molar-refractivity contribution is 7.92. The molecule has 3 aromatic rings. The molecule has 0 aliphatic carbocycles. The fourth-order valence-electron chi connectivity index (χ4n) is 2.70. The molecule has 0 saturated carbocycles. The molecule has 0 N–H and O–H groups in total. The molecule has 3 rings (SSSR count). The molecule has 26 heavy (non-hydrogen) atoms. The minimum absolute atomic E-state index is 0.398. The first kappa shape index (κ1) is 18.4. The number of hydrogen-bond donors (Lipinski definition) is 0. The Morgan fingerprint density at radius 1 is 1.12 bits per heavy atom. The van der Waals surface area contributed by atoms with Gasteiger partial charge >= 0.3 is 0 Å². The fourth-order valence-corrected chi connectivity index (χ4v) is 4.50. The van der Waals surface area contributed by atoms with Crippen LogP contribution >= 0.6 is 11.3 Å². The molecule has 0 atom stereocenters. The van der Waals surface area contributed by atoms with Gasteiger partial charge in [0, 0.05) is 23.1 Å². The second kappa shape index (κ2) is 7.47. The number of benzene rings is 2. The Bertz CT molecular complexity index is 996. The molecule has 0 spiro atoms. The Morgan fingerprint density at radius 3 is 2.46 bits per heavy atom. The van der Waals surface area contributed by atoms with Crippen molar-refractivity contribution in [1.29, 1.82) is 0 Å². The number of rotatable bonds is 6. The van der Waals surface area contributed by atoms with Crippen LogP contribution in [0.5, 0.6) is 5.75 Å². The third-order valence-corrected chi connectivity index (χ3v) is 6.12. The van der Waals surface area contributed by atoms with Crippen molar-refractivity contribution in [2.45, 2.75) is 6.92 Å². The zero-order valence-corrected chi connectivity index (χ0v) is 16.5. The standard InChI is InChI=1S/C19H20N2O3S2/c1-4-21(26(3,22)23)16-10-8-14(9-11-16)18-13-25-19(20-18)15-6-5-7-17(12-15)24-2/h5-13H,4H2,1-3H3. The minimum atomic E-state index is -3.28. The lowest BCUT2D eigenvalue weighted by atomic mass is 10.1. The van der Waals surface area contributed by atoms with Crippen LogP contribution in [-0.4, -0.2) is 33.3 Å². The van der Waals surface area contributed by atoms with Crippen LogP contribution in [0.15, 0.2) is 53.9 Å². The van der Waals surface area contributed by atoms with Gasteiger partial charge in [-0.15, -0.1) is 11.3 Å². The minimum Gasteiger partial charge on any atom is -0.497 e. The first-order valence-electron chi connectivity index (χ1n) is 8.10. The highest BCUT2D eigenvalue weighted by atomic mass is 32.2. The first-order valence-corrected chi connectivity index (χ1v) is 10.8. The fraction of sp³-hybridized carbons (Fsp3) is 0.211. The highest BCUT2D eigenvalue weighted by Crippen LogP contribution is 2.31. The molecule has 136 valence electrons. The molecular formula is C19H20N2O3S2. The summed E-state index contributed by atoms with van der Waals surface area (Å²) in [7, 11) is -1.63. The van der Waals surface area contributed by atoms with Crippen molar-refractivity contribution in [3.05, 3.63) is 53.9 Å². The van der Waals surface area contributed by atoms with Gasteiger partial charge in [-0.2, -0.15) is 0 Å². The van der Waals surface area contributed by atoms with E-state index in [1.807, 2.05) is 60.8 Å². The van der Waals surface area contributed by atoms with Crippen LogP contribution in [0.3, 0.4) is 0 Å². The van der Waals surface area contributed by atoms with Gasteiger partial charge in [-0.25, -0.2) is 13.4 Å². The van der Waals surface area contributed by atoms with Crippen molar-refractivity contribution < 1.29 is 13.2 Å². The second-order valence-corrected chi connectivity index (χ2v) is 8.51. The van der Waals surface area contributed by atoms with E-state index in [-0.39, 0.29) is 0 Å². The van der Waals surface area contributed by atoms with Crippen LogP contribution in [0.2, 0.25) is 0 Å². The van der Waals surface area contributed by atoms with Crippen LogP contribution < -0.4 is 9.04 Å². The molecule has 2 aromatic carbocycles. The lowest BCUT2D eigenvalue weighted by Crippen LogP contribution is -2.29.